The molecule has 38 heavy (non-hydrogen) atoms. The van der Waals surface area contributed by atoms with Crippen molar-refractivity contribution in [2.24, 2.45) is 5.73 Å². The standard InChI is InChI=1S/C27H25N3O7S/c1-4-36-19-10-14(6-8-17(19)31)11-21-25(33)30-24(29)16(13-28)22(23(26(30)38-21)27(34)35-3)15-7-9-18(32)20(12-15)37-5-2/h6-12,22,31-32H,4-5,29H2,1-3H3/b21-11-/t22-/m0/s1. The first kappa shape index (κ1) is 26.4. The summed E-state index contributed by atoms with van der Waals surface area (Å²) in [5.74, 6) is -1.55. The fourth-order valence-corrected chi connectivity index (χ4v) is 5.38. The Balaban J connectivity index is 2.04. The number of nitrogens with zero attached hydrogens (tertiary/aromatic N) is 2. The van der Waals surface area contributed by atoms with Crippen LogP contribution in [-0.4, -0.2) is 41.1 Å². The average Bonchev–Trinajstić information content (AvgIpc) is 3.22. The van der Waals surface area contributed by atoms with Gasteiger partial charge in [-0.3, -0.25) is 9.36 Å². The van der Waals surface area contributed by atoms with E-state index in [2.05, 4.69) is 0 Å². The summed E-state index contributed by atoms with van der Waals surface area (Å²) < 4.78 is 17.5. The number of thiazole rings is 1. The Kier molecular flexibility index (Phi) is 7.45. The fourth-order valence-electron chi connectivity index (χ4n) is 4.21. The summed E-state index contributed by atoms with van der Waals surface area (Å²) in [6.07, 6.45) is 1.58. The Morgan fingerprint density at radius 1 is 1.13 bits per heavy atom. The number of nitrogens with two attached hydrogens (primary N) is 1. The number of phenols is 2. The molecular formula is C27H25N3O7S. The summed E-state index contributed by atoms with van der Waals surface area (Å²) in [7, 11) is 1.21. The number of esters is 1. The zero-order valence-corrected chi connectivity index (χ0v) is 21.7. The topological polar surface area (TPSA) is 157 Å². The lowest BCUT2D eigenvalue weighted by atomic mass is 9.83. The van der Waals surface area contributed by atoms with Gasteiger partial charge in [-0.05, 0) is 55.3 Å². The molecule has 0 spiro atoms. The average molecular weight is 536 g/mol. The Bertz CT molecular complexity index is 1680. The first-order valence-corrected chi connectivity index (χ1v) is 12.4. The number of phenolic OH excluding ortho intramolecular Hbond substituents is 2. The summed E-state index contributed by atoms with van der Waals surface area (Å²) in [4.78, 5) is 26.6. The highest BCUT2D eigenvalue weighted by Crippen LogP contribution is 2.40. The maximum Gasteiger partial charge on any atom is 0.337 e. The van der Waals surface area contributed by atoms with Gasteiger partial charge in [-0.15, -0.1) is 11.3 Å². The second kappa shape index (κ2) is 10.7. The smallest absolute Gasteiger partial charge is 0.337 e. The Hall–Kier alpha value is -4.69. The van der Waals surface area contributed by atoms with Crippen molar-refractivity contribution in [2.75, 3.05) is 20.3 Å². The third kappa shape index (κ3) is 4.57. The highest BCUT2D eigenvalue weighted by Gasteiger charge is 2.36. The summed E-state index contributed by atoms with van der Waals surface area (Å²) in [6.45, 7) is 4.16. The zero-order valence-electron chi connectivity index (χ0n) is 20.8. The molecule has 4 N–H and O–H groups in total. The summed E-state index contributed by atoms with van der Waals surface area (Å²) in [5.41, 5.74) is 6.88. The Labute approximate surface area is 221 Å². The highest BCUT2D eigenvalue weighted by atomic mass is 32.1. The minimum absolute atomic E-state index is 0.0271. The second-order valence-electron chi connectivity index (χ2n) is 8.13. The number of aromatic nitrogens is 1. The van der Waals surface area contributed by atoms with E-state index >= 15 is 0 Å². The largest absolute Gasteiger partial charge is 0.504 e. The number of rotatable bonds is 7. The predicted octanol–water partition coefficient (Wildman–Crippen LogP) is 1.72. The number of nitriles is 1. The lowest BCUT2D eigenvalue weighted by molar-refractivity contribution is -0.134. The maximum atomic E-state index is 13.5. The van der Waals surface area contributed by atoms with Gasteiger partial charge >= 0.3 is 5.97 Å². The Morgan fingerprint density at radius 2 is 1.76 bits per heavy atom. The number of hydrogen-bond acceptors (Lipinski definition) is 10. The molecule has 1 aliphatic rings. The molecule has 0 saturated heterocycles. The fraction of sp³-hybridized carbons (Fsp3) is 0.222. The van der Waals surface area contributed by atoms with E-state index in [0.29, 0.717) is 17.7 Å². The number of hydrogen-bond donors (Lipinski definition) is 3. The number of methoxy groups -OCH3 is 1. The van der Waals surface area contributed by atoms with E-state index in [1.165, 1.54) is 25.3 Å². The molecule has 0 radical (unpaired) electrons. The molecule has 2 aromatic carbocycles. The molecule has 1 aromatic heterocycles. The van der Waals surface area contributed by atoms with Crippen LogP contribution in [-0.2, 0) is 9.53 Å². The van der Waals surface area contributed by atoms with Gasteiger partial charge in [0.2, 0.25) is 0 Å². The molecule has 0 amide bonds. The van der Waals surface area contributed by atoms with Crippen LogP contribution in [0.1, 0.15) is 30.9 Å². The molecule has 0 bridgehead atoms. The van der Waals surface area contributed by atoms with Gasteiger partial charge in [0.25, 0.3) is 5.56 Å². The van der Waals surface area contributed by atoms with E-state index in [1.54, 1.807) is 38.1 Å². The summed E-state index contributed by atoms with van der Waals surface area (Å²) in [5, 5.41) is 30.2. The van der Waals surface area contributed by atoms with Gasteiger partial charge in [-0.2, -0.15) is 5.26 Å². The molecule has 0 fully saturated rings. The van der Waals surface area contributed by atoms with Gasteiger partial charge in [0.15, 0.2) is 23.0 Å². The molecule has 0 aliphatic carbocycles. The van der Waals surface area contributed by atoms with Gasteiger partial charge in [0.05, 0.1) is 48.0 Å². The number of fused-ring (bicyclic) bond motifs is 1. The lowest BCUT2D eigenvalue weighted by Crippen LogP contribution is -2.40. The van der Waals surface area contributed by atoms with Crippen LogP contribution in [0.3, 0.4) is 0 Å². The summed E-state index contributed by atoms with van der Waals surface area (Å²) in [6, 6.07) is 11.2. The maximum absolute atomic E-state index is 13.5. The van der Waals surface area contributed by atoms with E-state index in [4.69, 9.17) is 19.9 Å². The van der Waals surface area contributed by atoms with Gasteiger partial charge in [0.1, 0.15) is 10.5 Å². The van der Waals surface area contributed by atoms with Gasteiger partial charge in [-0.25, -0.2) is 4.79 Å². The molecule has 0 saturated carbocycles. The number of carbonyl (C=O) groups is 1. The molecule has 10 nitrogen and oxygen atoms in total. The van der Waals surface area contributed by atoms with Crippen LogP contribution in [0.25, 0.3) is 17.5 Å². The van der Waals surface area contributed by atoms with Crippen LogP contribution in [0, 0.1) is 11.3 Å². The van der Waals surface area contributed by atoms with Crippen molar-refractivity contribution in [3.8, 4) is 29.1 Å². The number of benzene rings is 2. The van der Waals surface area contributed by atoms with Crippen LogP contribution >= 0.6 is 11.3 Å². The van der Waals surface area contributed by atoms with Gasteiger partial charge in [-0.1, -0.05) is 12.1 Å². The van der Waals surface area contributed by atoms with Crippen LogP contribution in [0.5, 0.6) is 23.0 Å². The molecule has 1 aliphatic heterocycles. The van der Waals surface area contributed by atoms with Crippen LogP contribution in [0.2, 0.25) is 0 Å². The number of allylic oxidation sites excluding steroid dienone is 1. The minimum atomic E-state index is -0.976. The van der Waals surface area contributed by atoms with Gasteiger partial charge < -0.3 is 30.2 Å². The molecule has 0 unspecified atom stereocenters. The molecule has 196 valence electrons. The van der Waals surface area contributed by atoms with Crippen molar-refractivity contribution in [1.29, 1.82) is 5.26 Å². The number of carbonyl (C=O) groups excluding carboxylic acids is 1. The van der Waals surface area contributed by atoms with Crippen molar-refractivity contribution >= 4 is 34.8 Å². The molecule has 3 aromatic rings. The first-order valence-electron chi connectivity index (χ1n) is 11.6. The van der Waals surface area contributed by atoms with Crippen molar-refractivity contribution in [1.82, 2.24) is 4.57 Å². The first-order chi connectivity index (χ1) is 18.2. The molecule has 1 atom stereocenters. The van der Waals surface area contributed by atoms with E-state index in [9.17, 15) is 25.1 Å². The Morgan fingerprint density at radius 3 is 2.37 bits per heavy atom. The van der Waals surface area contributed by atoms with E-state index in [1.807, 2.05) is 6.07 Å². The second-order valence-corrected chi connectivity index (χ2v) is 9.16. The van der Waals surface area contributed by atoms with Gasteiger partial charge in [0, 0.05) is 0 Å². The minimum Gasteiger partial charge on any atom is -0.504 e. The molecule has 4 rings (SSSR count). The molecule has 2 heterocycles. The number of aromatic hydroxyl groups is 2. The van der Waals surface area contributed by atoms with Crippen molar-refractivity contribution in [3.05, 3.63) is 72.6 Å². The van der Waals surface area contributed by atoms with Crippen LogP contribution in [0.4, 0.5) is 0 Å². The third-order valence-electron chi connectivity index (χ3n) is 5.87. The molecule has 11 heteroatoms. The van der Waals surface area contributed by atoms with Crippen LogP contribution in [0.15, 0.2) is 46.8 Å². The van der Waals surface area contributed by atoms with E-state index in [0.717, 1.165) is 15.9 Å². The van der Waals surface area contributed by atoms with E-state index in [-0.39, 0.29) is 55.8 Å². The molecular weight excluding hydrogens is 510 g/mol. The van der Waals surface area contributed by atoms with E-state index < -0.39 is 17.4 Å². The summed E-state index contributed by atoms with van der Waals surface area (Å²) >= 11 is 1.01. The normalized spacial score (nSPS) is 15.2. The predicted molar refractivity (Wildman–Crippen MR) is 141 cm³/mol. The lowest BCUT2D eigenvalue weighted by Gasteiger charge is -2.24. The zero-order chi connectivity index (χ0) is 27.6. The van der Waals surface area contributed by atoms with Crippen molar-refractivity contribution < 1.29 is 29.2 Å². The number of ether oxygens (including phenoxy) is 3. The van der Waals surface area contributed by atoms with Crippen LogP contribution < -0.4 is 30.0 Å². The van der Waals surface area contributed by atoms with Crippen molar-refractivity contribution in [3.63, 3.8) is 0 Å². The SMILES string of the molecule is CCOc1cc(/C=c2\sc3n(c2=O)C(N)=C(C#N)[C@H](c2ccc(O)c(OCC)c2)C=3C(=O)OC)ccc1O. The monoisotopic (exact) mass is 535 g/mol. The highest BCUT2D eigenvalue weighted by molar-refractivity contribution is 7.07. The third-order valence-corrected chi connectivity index (χ3v) is 6.98. The quantitative estimate of drug-likeness (QED) is 0.383. The van der Waals surface area contributed by atoms with Crippen molar-refractivity contribution in [2.45, 2.75) is 19.8 Å².